The van der Waals surface area contributed by atoms with Gasteiger partial charge in [-0.2, -0.15) is 0 Å². The van der Waals surface area contributed by atoms with Crippen molar-refractivity contribution in [2.24, 2.45) is 0 Å². The molecule has 0 atom stereocenters. The summed E-state index contributed by atoms with van der Waals surface area (Å²) in [6, 6.07) is 74.4. The van der Waals surface area contributed by atoms with Crippen LogP contribution in [0.4, 0.5) is 0 Å². The van der Waals surface area contributed by atoms with Crippen molar-refractivity contribution in [3.05, 3.63) is 241 Å². The van der Waals surface area contributed by atoms with Crippen molar-refractivity contribution in [2.45, 2.75) is 5.41 Å². The van der Waals surface area contributed by atoms with Crippen molar-refractivity contribution in [3.63, 3.8) is 0 Å². The minimum atomic E-state index is -0.493. The van der Waals surface area contributed by atoms with E-state index in [1.807, 2.05) is 24.5 Å². The first-order valence-corrected chi connectivity index (χ1v) is 21.4. The standard InChI is InChI=1S/C59H36N4/c1-3-17-42(18-4-1)59(43-19-5-2-6-20-43)51-24-9-7-21-44(51)49-35-50-48(36-52(49)59)45-22-8-10-25-55(45)63-56(50)40-15-11-14-38(33-40)53-29-27-39-32-37(26-28-54(39)62-53)47-34-41-16-12-30-60-57(41)58-46(47)23-13-31-61-58/h1-36H. The molecule has 12 aromatic rings. The molecule has 8 aromatic carbocycles. The molecule has 0 spiro atoms. The Labute approximate surface area is 363 Å². The molecule has 4 heterocycles. The zero-order valence-electron chi connectivity index (χ0n) is 34.1. The van der Waals surface area contributed by atoms with Crippen LogP contribution in [-0.2, 0) is 5.41 Å². The van der Waals surface area contributed by atoms with Gasteiger partial charge in [0.1, 0.15) is 0 Å². The molecule has 0 saturated carbocycles. The Bertz CT molecular complexity index is 3760. The van der Waals surface area contributed by atoms with Gasteiger partial charge in [-0.1, -0.05) is 146 Å². The highest BCUT2D eigenvalue weighted by Crippen LogP contribution is 2.57. The molecule has 0 fully saturated rings. The number of hydrogen-bond acceptors (Lipinski definition) is 4. The lowest BCUT2D eigenvalue weighted by molar-refractivity contribution is 0.769. The second kappa shape index (κ2) is 13.8. The number of nitrogens with zero attached hydrogens (tertiary/aromatic N) is 4. The van der Waals surface area contributed by atoms with E-state index in [9.17, 15) is 0 Å². The lowest BCUT2D eigenvalue weighted by atomic mass is 9.67. The SMILES string of the molecule is c1ccc(C2(c3ccccc3)c3ccccc3-c3cc4c(-c5cccc(-c6ccc7cc(-c8cc9cccnc9c9ncccc89)ccc7n6)c5)nc5ccccc5c4cc32)cc1. The summed E-state index contributed by atoms with van der Waals surface area (Å²) in [6.45, 7) is 0. The van der Waals surface area contributed by atoms with E-state index < -0.39 is 5.41 Å². The van der Waals surface area contributed by atoms with Gasteiger partial charge in [0.15, 0.2) is 0 Å². The summed E-state index contributed by atoms with van der Waals surface area (Å²) in [5.41, 5.74) is 17.0. The van der Waals surface area contributed by atoms with Crippen LogP contribution in [0.3, 0.4) is 0 Å². The van der Waals surface area contributed by atoms with E-state index in [-0.39, 0.29) is 0 Å². The summed E-state index contributed by atoms with van der Waals surface area (Å²) < 4.78 is 0. The number of para-hydroxylation sites is 1. The smallest absolute Gasteiger partial charge is 0.0970 e. The molecule has 1 aliphatic rings. The fourth-order valence-corrected chi connectivity index (χ4v) is 10.4. The first-order chi connectivity index (χ1) is 31.2. The Kier molecular flexibility index (Phi) is 7.79. The second-order valence-corrected chi connectivity index (χ2v) is 16.5. The van der Waals surface area contributed by atoms with E-state index in [0.29, 0.717) is 0 Å². The van der Waals surface area contributed by atoms with Crippen molar-refractivity contribution in [3.8, 4) is 44.8 Å². The Morgan fingerprint density at radius 1 is 0.333 bits per heavy atom. The predicted octanol–water partition coefficient (Wildman–Crippen LogP) is 14.4. The van der Waals surface area contributed by atoms with Gasteiger partial charge in [-0.15, -0.1) is 0 Å². The van der Waals surface area contributed by atoms with Gasteiger partial charge in [0.25, 0.3) is 0 Å². The molecule has 4 nitrogen and oxygen atoms in total. The van der Waals surface area contributed by atoms with Crippen LogP contribution < -0.4 is 0 Å². The van der Waals surface area contributed by atoms with Gasteiger partial charge >= 0.3 is 0 Å². The van der Waals surface area contributed by atoms with E-state index in [0.717, 1.165) is 82.6 Å². The number of hydrogen-bond donors (Lipinski definition) is 0. The van der Waals surface area contributed by atoms with Crippen LogP contribution in [-0.4, -0.2) is 19.9 Å². The highest BCUT2D eigenvalue weighted by molar-refractivity contribution is 6.14. The number of pyridine rings is 4. The average Bonchev–Trinajstić information content (AvgIpc) is 3.65. The van der Waals surface area contributed by atoms with Gasteiger partial charge in [-0.25, -0.2) is 9.97 Å². The van der Waals surface area contributed by atoms with Crippen molar-refractivity contribution >= 4 is 54.4 Å². The summed E-state index contributed by atoms with van der Waals surface area (Å²) in [4.78, 5) is 20.1. The Hall–Kier alpha value is -8.34. The maximum absolute atomic E-state index is 5.44. The van der Waals surface area contributed by atoms with Crippen molar-refractivity contribution in [1.29, 1.82) is 0 Å². The molecule has 4 aromatic heterocycles. The maximum atomic E-state index is 5.44. The van der Waals surface area contributed by atoms with Crippen molar-refractivity contribution < 1.29 is 0 Å². The minimum absolute atomic E-state index is 0.493. The van der Waals surface area contributed by atoms with Crippen LogP contribution in [0.2, 0.25) is 0 Å². The lowest BCUT2D eigenvalue weighted by Crippen LogP contribution is -2.28. The Morgan fingerprint density at radius 3 is 1.92 bits per heavy atom. The summed E-state index contributed by atoms with van der Waals surface area (Å²) >= 11 is 0. The highest BCUT2D eigenvalue weighted by atomic mass is 14.7. The summed E-state index contributed by atoms with van der Waals surface area (Å²) in [5.74, 6) is 0. The van der Waals surface area contributed by atoms with Gasteiger partial charge < -0.3 is 0 Å². The van der Waals surface area contributed by atoms with E-state index in [2.05, 4.69) is 199 Å². The molecule has 0 aliphatic heterocycles. The van der Waals surface area contributed by atoms with Gasteiger partial charge in [-0.05, 0) is 111 Å². The molecule has 292 valence electrons. The fraction of sp³-hybridized carbons (Fsp3) is 0.0169. The molecule has 0 saturated heterocycles. The predicted molar refractivity (Wildman–Crippen MR) is 259 cm³/mol. The normalized spacial score (nSPS) is 12.9. The average molecular weight is 801 g/mol. The first kappa shape index (κ1) is 35.4. The van der Waals surface area contributed by atoms with Crippen LogP contribution in [0, 0.1) is 0 Å². The molecule has 0 bridgehead atoms. The minimum Gasteiger partial charge on any atom is -0.254 e. The van der Waals surface area contributed by atoms with E-state index in [1.165, 1.54) is 38.8 Å². The molecule has 0 radical (unpaired) electrons. The zero-order valence-corrected chi connectivity index (χ0v) is 34.1. The van der Waals surface area contributed by atoms with Crippen LogP contribution in [0.15, 0.2) is 219 Å². The van der Waals surface area contributed by atoms with Crippen LogP contribution >= 0.6 is 0 Å². The van der Waals surface area contributed by atoms with Crippen LogP contribution in [0.5, 0.6) is 0 Å². The molecule has 0 unspecified atom stereocenters. The third kappa shape index (κ3) is 5.35. The molecule has 0 amide bonds. The van der Waals surface area contributed by atoms with E-state index in [4.69, 9.17) is 15.0 Å². The molecular formula is C59H36N4. The van der Waals surface area contributed by atoms with Gasteiger partial charge in [0.2, 0.25) is 0 Å². The summed E-state index contributed by atoms with van der Waals surface area (Å²) in [6.07, 6.45) is 3.67. The molecule has 13 rings (SSSR count). The lowest BCUT2D eigenvalue weighted by Gasteiger charge is -2.34. The maximum Gasteiger partial charge on any atom is 0.0970 e. The largest absolute Gasteiger partial charge is 0.254 e. The zero-order chi connectivity index (χ0) is 41.5. The first-order valence-electron chi connectivity index (χ1n) is 21.4. The summed E-state index contributed by atoms with van der Waals surface area (Å²) in [5, 5.41) is 6.69. The topological polar surface area (TPSA) is 51.6 Å². The number of rotatable bonds is 5. The van der Waals surface area contributed by atoms with Crippen LogP contribution in [0.25, 0.3) is 99.2 Å². The fourth-order valence-electron chi connectivity index (χ4n) is 10.4. The number of fused-ring (bicyclic) bond motifs is 10. The Morgan fingerprint density at radius 2 is 1.06 bits per heavy atom. The van der Waals surface area contributed by atoms with Crippen molar-refractivity contribution in [2.75, 3.05) is 0 Å². The molecule has 63 heavy (non-hydrogen) atoms. The quantitative estimate of drug-likeness (QED) is 0.163. The van der Waals surface area contributed by atoms with E-state index >= 15 is 0 Å². The monoisotopic (exact) mass is 800 g/mol. The number of aromatic nitrogens is 4. The number of benzene rings is 8. The molecule has 4 heteroatoms. The molecule has 1 aliphatic carbocycles. The van der Waals surface area contributed by atoms with Gasteiger partial charge in [0.05, 0.1) is 38.9 Å². The third-order valence-electron chi connectivity index (χ3n) is 13.2. The van der Waals surface area contributed by atoms with E-state index in [1.54, 1.807) is 0 Å². The second-order valence-electron chi connectivity index (χ2n) is 16.5. The Balaban J connectivity index is 0.967. The third-order valence-corrected chi connectivity index (χ3v) is 13.2. The van der Waals surface area contributed by atoms with Crippen LogP contribution in [0.1, 0.15) is 22.3 Å². The summed E-state index contributed by atoms with van der Waals surface area (Å²) in [7, 11) is 0. The van der Waals surface area contributed by atoms with Gasteiger partial charge in [-0.3, -0.25) is 9.97 Å². The highest BCUT2D eigenvalue weighted by Gasteiger charge is 2.46. The van der Waals surface area contributed by atoms with Crippen molar-refractivity contribution in [1.82, 2.24) is 19.9 Å². The molecule has 0 N–H and O–H groups in total. The van der Waals surface area contributed by atoms with Gasteiger partial charge in [0, 0.05) is 50.5 Å². The molecular weight excluding hydrogens is 765 g/mol.